The molecule has 21 heavy (non-hydrogen) atoms. The molecule has 2 rings (SSSR count). The molecule has 1 heterocycles. The molecule has 0 aliphatic rings. The number of aromatic nitrogens is 1. The van der Waals surface area contributed by atoms with Crippen LogP contribution in [0.4, 0.5) is 4.39 Å². The van der Waals surface area contributed by atoms with E-state index in [2.05, 4.69) is 22.3 Å². The number of nitrogens with zero attached hydrogens (tertiary/aromatic N) is 1. The van der Waals surface area contributed by atoms with E-state index in [0.717, 1.165) is 6.07 Å². The van der Waals surface area contributed by atoms with E-state index in [9.17, 15) is 9.18 Å². The maximum atomic E-state index is 13.7. The molecular formula is C15H13FN2O3. The van der Waals surface area contributed by atoms with Gasteiger partial charge in [0.15, 0.2) is 5.76 Å². The minimum atomic E-state index is -0.643. The van der Waals surface area contributed by atoms with Gasteiger partial charge in [0.1, 0.15) is 12.4 Å². The van der Waals surface area contributed by atoms with Crippen LogP contribution in [0.1, 0.15) is 27.4 Å². The first kappa shape index (κ1) is 14.8. The Morgan fingerprint density at radius 2 is 2.29 bits per heavy atom. The Morgan fingerprint density at radius 1 is 1.48 bits per heavy atom. The maximum Gasteiger partial charge on any atom is 0.254 e. The van der Waals surface area contributed by atoms with Gasteiger partial charge in [-0.1, -0.05) is 17.0 Å². The molecule has 5 nitrogen and oxygen atoms in total. The third kappa shape index (κ3) is 3.91. The normalized spacial score (nSPS) is 9.86. The molecule has 2 aromatic rings. The van der Waals surface area contributed by atoms with Gasteiger partial charge in [0.25, 0.3) is 5.91 Å². The Morgan fingerprint density at radius 3 is 2.95 bits per heavy atom. The standard InChI is InChI=1S/C15H13FN2O3/c1-10-7-12(21-18-10)9-17-15(20)13-8-11(3-2-6-19)4-5-14(13)16/h4-5,7-8,19H,6,9H2,1H3,(H,17,20). The number of rotatable bonds is 3. The van der Waals surface area contributed by atoms with Gasteiger partial charge < -0.3 is 14.9 Å². The van der Waals surface area contributed by atoms with Crippen molar-refractivity contribution in [3.8, 4) is 11.8 Å². The molecule has 0 radical (unpaired) electrons. The van der Waals surface area contributed by atoms with Crippen LogP contribution in [0.15, 0.2) is 28.8 Å². The molecule has 1 aromatic carbocycles. The Kier molecular flexibility index (Phi) is 4.69. The fourth-order valence-electron chi connectivity index (χ4n) is 1.68. The van der Waals surface area contributed by atoms with Gasteiger partial charge in [-0.3, -0.25) is 4.79 Å². The Bertz CT molecular complexity index is 713. The third-order valence-electron chi connectivity index (χ3n) is 2.62. The molecule has 1 aromatic heterocycles. The molecule has 0 aliphatic carbocycles. The largest absolute Gasteiger partial charge is 0.384 e. The highest BCUT2D eigenvalue weighted by atomic mass is 19.1. The van der Waals surface area contributed by atoms with Crippen molar-refractivity contribution in [3.63, 3.8) is 0 Å². The molecule has 0 saturated carbocycles. The summed E-state index contributed by atoms with van der Waals surface area (Å²) in [6, 6.07) is 5.61. The number of hydrogen-bond donors (Lipinski definition) is 2. The molecule has 0 aliphatic heterocycles. The number of hydrogen-bond acceptors (Lipinski definition) is 4. The highest BCUT2D eigenvalue weighted by Crippen LogP contribution is 2.11. The highest BCUT2D eigenvalue weighted by Gasteiger charge is 2.13. The van der Waals surface area contributed by atoms with E-state index in [-0.39, 0.29) is 18.7 Å². The molecule has 108 valence electrons. The van der Waals surface area contributed by atoms with Gasteiger partial charge in [0, 0.05) is 11.6 Å². The SMILES string of the molecule is Cc1cc(CNC(=O)c2cc(C#CCO)ccc2F)on1. The zero-order chi connectivity index (χ0) is 15.2. The first-order valence-corrected chi connectivity index (χ1v) is 6.20. The zero-order valence-electron chi connectivity index (χ0n) is 11.3. The summed E-state index contributed by atoms with van der Waals surface area (Å²) in [7, 11) is 0. The lowest BCUT2D eigenvalue weighted by molar-refractivity contribution is 0.0943. The van der Waals surface area contributed by atoms with E-state index in [0.29, 0.717) is 17.0 Å². The number of aliphatic hydroxyl groups is 1. The van der Waals surface area contributed by atoms with Crippen LogP contribution in [0.5, 0.6) is 0 Å². The summed E-state index contributed by atoms with van der Waals surface area (Å²) in [6.45, 7) is 1.58. The number of nitrogens with one attached hydrogen (secondary N) is 1. The lowest BCUT2D eigenvalue weighted by Gasteiger charge is -2.04. The summed E-state index contributed by atoms with van der Waals surface area (Å²) < 4.78 is 18.6. The number of carbonyl (C=O) groups is 1. The van der Waals surface area contributed by atoms with E-state index in [4.69, 9.17) is 9.63 Å². The van der Waals surface area contributed by atoms with Crippen molar-refractivity contribution in [2.75, 3.05) is 6.61 Å². The summed E-state index contributed by atoms with van der Waals surface area (Å²) in [5.41, 5.74) is 1.04. The second-order valence-electron chi connectivity index (χ2n) is 4.27. The number of benzene rings is 1. The average molecular weight is 288 g/mol. The number of carbonyl (C=O) groups excluding carboxylic acids is 1. The van der Waals surface area contributed by atoms with Crippen LogP contribution in [0.3, 0.4) is 0 Å². The fourth-order valence-corrected chi connectivity index (χ4v) is 1.68. The molecule has 0 saturated heterocycles. The second-order valence-corrected chi connectivity index (χ2v) is 4.27. The summed E-state index contributed by atoms with van der Waals surface area (Å²) in [5, 5.41) is 14.9. The van der Waals surface area contributed by atoms with E-state index in [1.165, 1.54) is 12.1 Å². The summed E-state index contributed by atoms with van der Waals surface area (Å²) in [5.74, 6) is 4.32. The minimum Gasteiger partial charge on any atom is -0.384 e. The molecule has 0 bridgehead atoms. The molecule has 0 atom stereocenters. The van der Waals surface area contributed by atoms with Crippen LogP contribution in [-0.2, 0) is 6.54 Å². The van der Waals surface area contributed by atoms with Gasteiger partial charge in [-0.05, 0) is 25.1 Å². The molecule has 0 spiro atoms. The quantitative estimate of drug-likeness (QED) is 0.837. The topological polar surface area (TPSA) is 75.4 Å². The van der Waals surface area contributed by atoms with Gasteiger partial charge in [0.05, 0.1) is 17.8 Å². The van der Waals surface area contributed by atoms with Gasteiger partial charge in [-0.15, -0.1) is 0 Å². The smallest absolute Gasteiger partial charge is 0.254 e. The molecular weight excluding hydrogens is 275 g/mol. The van der Waals surface area contributed by atoms with Crippen LogP contribution in [0.2, 0.25) is 0 Å². The van der Waals surface area contributed by atoms with Crippen molar-refractivity contribution < 1.29 is 18.8 Å². The lowest BCUT2D eigenvalue weighted by atomic mass is 10.1. The summed E-state index contributed by atoms with van der Waals surface area (Å²) in [4.78, 5) is 12.0. The van der Waals surface area contributed by atoms with Crippen LogP contribution in [0.25, 0.3) is 0 Å². The monoisotopic (exact) mass is 288 g/mol. The second kappa shape index (κ2) is 6.68. The number of amides is 1. The van der Waals surface area contributed by atoms with Crippen LogP contribution in [-0.4, -0.2) is 22.8 Å². The predicted octanol–water partition coefficient (Wildman–Crippen LogP) is 1.40. The third-order valence-corrected chi connectivity index (χ3v) is 2.62. The summed E-state index contributed by atoms with van der Waals surface area (Å²) in [6.07, 6.45) is 0. The fraction of sp³-hybridized carbons (Fsp3) is 0.200. The molecule has 2 N–H and O–H groups in total. The van der Waals surface area contributed by atoms with Crippen LogP contribution >= 0.6 is 0 Å². The van der Waals surface area contributed by atoms with Crippen LogP contribution < -0.4 is 5.32 Å². The van der Waals surface area contributed by atoms with E-state index < -0.39 is 11.7 Å². The first-order chi connectivity index (χ1) is 10.1. The van der Waals surface area contributed by atoms with Crippen molar-refractivity contribution in [1.29, 1.82) is 0 Å². The first-order valence-electron chi connectivity index (χ1n) is 6.20. The highest BCUT2D eigenvalue weighted by molar-refractivity contribution is 5.94. The zero-order valence-corrected chi connectivity index (χ0v) is 11.3. The Balaban J connectivity index is 2.10. The molecule has 0 fully saturated rings. The predicted molar refractivity (Wildman–Crippen MR) is 72.8 cm³/mol. The van der Waals surface area contributed by atoms with E-state index >= 15 is 0 Å². The number of halogens is 1. The minimum absolute atomic E-state index is 0.115. The lowest BCUT2D eigenvalue weighted by Crippen LogP contribution is -2.23. The van der Waals surface area contributed by atoms with Crippen molar-refractivity contribution in [3.05, 3.63) is 52.7 Å². The van der Waals surface area contributed by atoms with Crippen LogP contribution in [0, 0.1) is 24.6 Å². The molecule has 0 unspecified atom stereocenters. The van der Waals surface area contributed by atoms with Crippen molar-refractivity contribution in [1.82, 2.24) is 10.5 Å². The average Bonchev–Trinajstić information content (AvgIpc) is 2.89. The number of aryl methyl sites for hydroxylation is 1. The Labute approximate surface area is 120 Å². The van der Waals surface area contributed by atoms with E-state index in [1.807, 2.05) is 0 Å². The molecule has 1 amide bonds. The number of aliphatic hydroxyl groups excluding tert-OH is 1. The summed E-state index contributed by atoms with van der Waals surface area (Å²) >= 11 is 0. The van der Waals surface area contributed by atoms with Gasteiger partial charge in [-0.2, -0.15) is 0 Å². The van der Waals surface area contributed by atoms with Crippen molar-refractivity contribution >= 4 is 5.91 Å². The van der Waals surface area contributed by atoms with Gasteiger partial charge >= 0.3 is 0 Å². The van der Waals surface area contributed by atoms with Gasteiger partial charge in [-0.25, -0.2) is 4.39 Å². The maximum absolute atomic E-state index is 13.7. The van der Waals surface area contributed by atoms with E-state index in [1.54, 1.807) is 13.0 Å². The van der Waals surface area contributed by atoms with Crippen molar-refractivity contribution in [2.45, 2.75) is 13.5 Å². The Hall–Kier alpha value is -2.65. The van der Waals surface area contributed by atoms with Gasteiger partial charge in [0.2, 0.25) is 0 Å². The molecule has 6 heteroatoms. The van der Waals surface area contributed by atoms with Crippen molar-refractivity contribution in [2.24, 2.45) is 0 Å².